The number of nitrogens with one attached hydrogen (secondary N) is 1. The predicted molar refractivity (Wildman–Crippen MR) is 87.0 cm³/mol. The lowest BCUT2D eigenvalue weighted by Gasteiger charge is -2.27. The van der Waals surface area contributed by atoms with E-state index < -0.39 is 0 Å². The molecule has 1 aliphatic rings. The molecule has 0 aromatic carbocycles. The zero-order chi connectivity index (χ0) is 15.2. The third-order valence-corrected chi connectivity index (χ3v) is 4.55. The van der Waals surface area contributed by atoms with Gasteiger partial charge in [0.05, 0.1) is 11.4 Å². The van der Waals surface area contributed by atoms with Crippen molar-refractivity contribution in [1.82, 2.24) is 4.98 Å². The lowest BCUT2D eigenvalue weighted by atomic mass is 9.79. The number of carbonyl (C=O) groups is 1. The molecule has 0 bridgehead atoms. The largest absolute Gasteiger partial charge is 0.384 e. The van der Waals surface area contributed by atoms with E-state index in [0.29, 0.717) is 5.82 Å². The van der Waals surface area contributed by atoms with E-state index in [4.69, 9.17) is 5.73 Å². The first-order valence-corrected chi connectivity index (χ1v) is 8.14. The monoisotopic (exact) mass is 289 g/mol. The highest BCUT2D eigenvalue weighted by molar-refractivity contribution is 5.93. The van der Waals surface area contributed by atoms with Gasteiger partial charge in [-0.25, -0.2) is 4.98 Å². The fourth-order valence-corrected chi connectivity index (χ4v) is 3.15. The summed E-state index contributed by atoms with van der Waals surface area (Å²) in [6.45, 7) is 4.11. The van der Waals surface area contributed by atoms with Crippen molar-refractivity contribution < 1.29 is 4.79 Å². The number of unbranched alkanes of at least 4 members (excludes halogenated alkanes) is 1. The number of aromatic nitrogens is 1. The smallest absolute Gasteiger partial charge is 0.227 e. The Balaban J connectivity index is 1.84. The van der Waals surface area contributed by atoms with Gasteiger partial charge in [0.25, 0.3) is 0 Å². The van der Waals surface area contributed by atoms with Crippen LogP contribution in [0.1, 0.15) is 57.6 Å². The highest BCUT2D eigenvalue weighted by atomic mass is 16.1. The van der Waals surface area contributed by atoms with Gasteiger partial charge in [0, 0.05) is 5.92 Å². The molecule has 0 unspecified atom stereocenters. The van der Waals surface area contributed by atoms with Crippen LogP contribution in [0.5, 0.6) is 0 Å². The summed E-state index contributed by atoms with van der Waals surface area (Å²) in [5.74, 6) is 1.61. The van der Waals surface area contributed by atoms with Gasteiger partial charge >= 0.3 is 0 Å². The van der Waals surface area contributed by atoms with Crippen LogP contribution in [0.15, 0.2) is 12.1 Å². The van der Waals surface area contributed by atoms with Crippen LogP contribution in [-0.2, 0) is 4.79 Å². The van der Waals surface area contributed by atoms with E-state index in [-0.39, 0.29) is 11.8 Å². The highest BCUT2D eigenvalue weighted by Gasteiger charge is 2.26. The minimum Gasteiger partial charge on any atom is -0.384 e. The molecule has 0 aliphatic heterocycles. The summed E-state index contributed by atoms with van der Waals surface area (Å²) < 4.78 is 0. The predicted octanol–water partition coefficient (Wildman–Crippen LogP) is 3.91. The minimum atomic E-state index is 0.138. The van der Waals surface area contributed by atoms with Crippen molar-refractivity contribution in [1.29, 1.82) is 0 Å². The molecule has 0 spiro atoms. The maximum atomic E-state index is 12.4. The van der Waals surface area contributed by atoms with Crippen molar-refractivity contribution in [3.05, 3.63) is 17.8 Å². The normalized spacial score (nSPS) is 22.0. The molecule has 1 aliphatic carbocycles. The molecule has 1 fully saturated rings. The molecule has 3 N–H and O–H groups in total. The number of nitrogens with zero attached hydrogens (tertiary/aromatic N) is 1. The Morgan fingerprint density at radius 3 is 2.67 bits per heavy atom. The lowest BCUT2D eigenvalue weighted by Crippen LogP contribution is -2.27. The van der Waals surface area contributed by atoms with E-state index >= 15 is 0 Å². The Kier molecular flexibility index (Phi) is 5.59. The van der Waals surface area contributed by atoms with Crippen molar-refractivity contribution in [3.8, 4) is 0 Å². The second-order valence-corrected chi connectivity index (χ2v) is 6.22. The molecule has 1 heterocycles. The van der Waals surface area contributed by atoms with E-state index in [2.05, 4.69) is 17.2 Å². The second-order valence-electron chi connectivity index (χ2n) is 6.22. The van der Waals surface area contributed by atoms with Gasteiger partial charge < -0.3 is 11.1 Å². The van der Waals surface area contributed by atoms with E-state index in [0.717, 1.165) is 30.1 Å². The molecular weight excluding hydrogens is 262 g/mol. The Labute approximate surface area is 127 Å². The fourth-order valence-electron chi connectivity index (χ4n) is 3.15. The van der Waals surface area contributed by atoms with Gasteiger partial charge in [-0.2, -0.15) is 0 Å². The molecule has 116 valence electrons. The van der Waals surface area contributed by atoms with Gasteiger partial charge in [0.1, 0.15) is 5.82 Å². The van der Waals surface area contributed by atoms with Crippen LogP contribution in [0.2, 0.25) is 0 Å². The molecule has 4 heteroatoms. The fraction of sp³-hybridized carbons (Fsp3) is 0.647. The third-order valence-electron chi connectivity index (χ3n) is 4.55. The van der Waals surface area contributed by atoms with Gasteiger partial charge in [0.2, 0.25) is 5.91 Å². The zero-order valence-corrected chi connectivity index (χ0v) is 13.2. The van der Waals surface area contributed by atoms with Gasteiger partial charge in [-0.05, 0) is 50.7 Å². The van der Waals surface area contributed by atoms with Crippen LogP contribution < -0.4 is 11.1 Å². The van der Waals surface area contributed by atoms with Gasteiger partial charge in [-0.1, -0.05) is 26.2 Å². The van der Waals surface area contributed by atoms with Gasteiger partial charge in [-0.3, -0.25) is 4.79 Å². The molecule has 1 amide bonds. The van der Waals surface area contributed by atoms with Crippen LogP contribution >= 0.6 is 0 Å². The number of rotatable bonds is 5. The number of pyridine rings is 1. The SMILES string of the molecule is CCCCC1CCC(C(=O)Nc2ccc(N)nc2C)CC1. The number of amides is 1. The zero-order valence-electron chi connectivity index (χ0n) is 13.2. The van der Waals surface area contributed by atoms with E-state index in [9.17, 15) is 4.79 Å². The van der Waals surface area contributed by atoms with E-state index in [1.54, 1.807) is 6.07 Å². The quantitative estimate of drug-likeness (QED) is 0.863. The van der Waals surface area contributed by atoms with Crippen molar-refractivity contribution in [2.45, 2.75) is 58.8 Å². The number of hydrogen-bond acceptors (Lipinski definition) is 3. The first-order chi connectivity index (χ1) is 10.1. The molecule has 0 saturated heterocycles. The topological polar surface area (TPSA) is 68.0 Å². The van der Waals surface area contributed by atoms with Gasteiger partial charge in [-0.15, -0.1) is 0 Å². The standard InChI is InChI=1S/C17H27N3O/c1-3-4-5-13-6-8-14(9-7-13)17(21)20-15-10-11-16(18)19-12(15)2/h10-11,13-14H,3-9H2,1-2H3,(H2,18,19)(H,20,21). The molecule has 0 atom stereocenters. The Hall–Kier alpha value is -1.58. The van der Waals surface area contributed by atoms with Crippen LogP contribution in [0.4, 0.5) is 11.5 Å². The Bertz CT molecular complexity index is 479. The van der Waals surface area contributed by atoms with Crippen LogP contribution in [-0.4, -0.2) is 10.9 Å². The number of aryl methyl sites for hydroxylation is 1. The summed E-state index contributed by atoms with van der Waals surface area (Å²) in [6, 6.07) is 3.56. The van der Waals surface area contributed by atoms with Crippen molar-refractivity contribution in [3.63, 3.8) is 0 Å². The van der Waals surface area contributed by atoms with E-state index in [1.807, 2.05) is 13.0 Å². The molecule has 2 rings (SSSR count). The summed E-state index contributed by atoms with van der Waals surface area (Å²) in [7, 11) is 0. The minimum absolute atomic E-state index is 0.138. The van der Waals surface area contributed by atoms with Crippen LogP contribution in [0.25, 0.3) is 0 Å². The third kappa shape index (κ3) is 4.45. The summed E-state index contributed by atoms with van der Waals surface area (Å²) >= 11 is 0. The van der Waals surface area contributed by atoms with Crippen LogP contribution in [0, 0.1) is 18.8 Å². The number of carbonyl (C=O) groups excluding carboxylic acids is 1. The first kappa shape index (κ1) is 15.8. The Morgan fingerprint density at radius 2 is 2.05 bits per heavy atom. The molecule has 1 aromatic rings. The average molecular weight is 289 g/mol. The number of nitrogen functional groups attached to an aromatic ring is 1. The molecule has 21 heavy (non-hydrogen) atoms. The number of nitrogens with two attached hydrogens (primary N) is 1. The van der Waals surface area contributed by atoms with Crippen molar-refractivity contribution >= 4 is 17.4 Å². The maximum Gasteiger partial charge on any atom is 0.227 e. The van der Waals surface area contributed by atoms with Crippen LogP contribution in [0.3, 0.4) is 0 Å². The lowest BCUT2D eigenvalue weighted by molar-refractivity contribution is -0.121. The molecule has 4 nitrogen and oxygen atoms in total. The highest BCUT2D eigenvalue weighted by Crippen LogP contribution is 2.32. The van der Waals surface area contributed by atoms with Crippen molar-refractivity contribution in [2.24, 2.45) is 11.8 Å². The number of hydrogen-bond donors (Lipinski definition) is 2. The second kappa shape index (κ2) is 7.43. The summed E-state index contributed by atoms with van der Waals surface area (Å²) in [4.78, 5) is 16.5. The summed E-state index contributed by atoms with van der Waals surface area (Å²) in [5.41, 5.74) is 7.19. The first-order valence-electron chi connectivity index (χ1n) is 8.14. The molecule has 0 radical (unpaired) electrons. The Morgan fingerprint density at radius 1 is 1.33 bits per heavy atom. The number of anilines is 2. The summed E-state index contributed by atoms with van der Waals surface area (Å²) in [6.07, 6.45) is 8.32. The molecular formula is C17H27N3O. The summed E-state index contributed by atoms with van der Waals surface area (Å²) in [5, 5.41) is 3.01. The van der Waals surface area contributed by atoms with Crippen molar-refractivity contribution in [2.75, 3.05) is 11.1 Å². The molecule has 1 aromatic heterocycles. The average Bonchev–Trinajstić information content (AvgIpc) is 2.48. The van der Waals surface area contributed by atoms with Gasteiger partial charge in [0.15, 0.2) is 0 Å². The maximum absolute atomic E-state index is 12.4. The van der Waals surface area contributed by atoms with E-state index in [1.165, 1.54) is 32.1 Å². The molecule has 1 saturated carbocycles.